The van der Waals surface area contributed by atoms with Crippen molar-refractivity contribution < 1.29 is 0 Å². The van der Waals surface area contributed by atoms with E-state index in [-0.39, 0.29) is 0 Å². The fourth-order valence-corrected chi connectivity index (χ4v) is 10.6. The zero-order valence-electron chi connectivity index (χ0n) is 39.7. The average Bonchev–Trinajstić information content (AvgIpc) is 3.45. The normalized spacial score (nSPS) is 14.6. The van der Waals surface area contributed by atoms with Gasteiger partial charge in [0.25, 0.3) is 0 Å². The van der Waals surface area contributed by atoms with E-state index in [2.05, 4.69) is 225 Å². The van der Waals surface area contributed by atoms with Gasteiger partial charge in [0.05, 0.1) is 17.1 Å². The second-order valence-electron chi connectivity index (χ2n) is 19.0. The minimum absolute atomic E-state index is 0.430. The molecule has 11 rings (SSSR count). The summed E-state index contributed by atoms with van der Waals surface area (Å²) in [7, 11) is 0. The van der Waals surface area contributed by atoms with Crippen molar-refractivity contribution >= 4 is 0 Å². The molecule has 3 aromatic heterocycles. The lowest BCUT2D eigenvalue weighted by Gasteiger charge is -2.31. The first kappa shape index (κ1) is 44.5. The number of benzene rings is 7. The van der Waals surface area contributed by atoms with Crippen LogP contribution in [0, 0.1) is 0 Å². The van der Waals surface area contributed by atoms with Crippen molar-refractivity contribution in [1.82, 2.24) is 15.0 Å². The van der Waals surface area contributed by atoms with Crippen molar-refractivity contribution in [2.24, 2.45) is 0 Å². The molecule has 0 radical (unpaired) electrons. The molecule has 0 aliphatic heterocycles. The smallest absolute Gasteiger partial charge is 0.0705 e. The Morgan fingerprint density at radius 1 is 0.286 bits per heavy atom. The van der Waals surface area contributed by atoms with Gasteiger partial charge in [-0.25, -0.2) is 0 Å². The summed E-state index contributed by atoms with van der Waals surface area (Å²) in [5.41, 5.74) is 22.0. The third kappa shape index (κ3) is 10.4. The Hall–Kier alpha value is -8.01. The van der Waals surface area contributed by atoms with Crippen LogP contribution in [0.1, 0.15) is 70.9 Å². The van der Waals surface area contributed by atoms with Crippen molar-refractivity contribution in [1.29, 1.82) is 0 Å². The highest BCUT2D eigenvalue weighted by Gasteiger charge is 2.27. The van der Waals surface area contributed by atoms with Crippen LogP contribution in [0.2, 0.25) is 0 Å². The molecule has 0 N–H and O–H groups in total. The van der Waals surface area contributed by atoms with Crippen LogP contribution in [-0.2, 0) is 25.7 Å². The topological polar surface area (TPSA) is 38.7 Å². The van der Waals surface area contributed by atoms with Gasteiger partial charge in [-0.1, -0.05) is 200 Å². The molecule has 0 unspecified atom stereocenters. The number of hydrogen-bond acceptors (Lipinski definition) is 3. The Labute approximate surface area is 413 Å². The fourth-order valence-electron chi connectivity index (χ4n) is 10.6. The molecule has 7 aromatic carbocycles. The van der Waals surface area contributed by atoms with E-state index in [1.54, 1.807) is 0 Å². The Morgan fingerprint density at radius 2 is 0.714 bits per heavy atom. The highest BCUT2D eigenvalue weighted by molar-refractivity contribution is 5.86. The quantitative estimate of drug-likeness (QED) is 0.109. The highest BCUT2D eigenvalue weighted by atomic mass is 14.7. The van der Waals surface area contributed by atoms with Gasteiger partial charge in [-0.2, -0.15) is 0 Å². The Morgan fingerprint density at radius 3 is 1.23 bits per heavy atom. The van der Waals surface area contributed by atoms with Gasteiger partial charge in [0.1, 0.15) is 0 Å². The molecule has 1 aliphatic rings. The van der Waals surface area contributed by atoms with Gasteiger partial charge in [0.2, 0.25) is 0 Å². The maximum Gasteiger partial charge on any atom is 0.0705 e. The summed E-state index contributed by atoms with van der Waals surface area (Å²) in [6.45, 7) is 0. The van der Waals surface area contributed by atoms with Crippen LogP contribution in [0.3, 0.4) is 0 Å². The van der Waals surface area contributed by atoms with Gasteiger partial charge in [-0.05, 0) is 143 Å². The van der Waals surface area contributed by atoms with E-state index in [9.17, 15) is 0 Å². The molecule has 3 heterocycles. The predicted molar refractivity (Wildman–Crippen MR) is 291 cm³/mol. The van der Waals surface area contributed by atoms with Crippen LogP contribution < -0.4 is 0 Å². The lowest BCUT2D eigenvalue weighted by Crippen LogP contribution is -2.13. The molecule has 3 heteroatoms. The van der Waals surface area contributed by atoms with Gasteiger partial charge < -0.3 is 0 Å². The Balaban J connectivity index is 0.905. The van der Waals surface area contributed by atoms with Crippen molar-refractivity contribution in [3.05, 3.63) is 270 Å². The van der Waals surface area contributed by atoms with Crippen molar-refractivity contribution in [3.63, 3.8) is 0 Å². The zero-order valence-corrected chi connectivity index (χ0v) is 39.7. The third-order valence-corrected chi connectivity index (χ3v) is 14.4. The summed E-state index contributed by atoms with van der Waals surface area (Å²) in [6, 6.07) is 79.2. The largest absolute Gasteiger partial charge is 0.256 e. The second-order valence-corrected chi connectivity index (χ2v) is 19.0. The van der Waals surface area contributed by atoms with Crippen LogP contribution in [0.5, 0.6) is 0 Å². The minimum atomic E-state index is 0.430. The van der Waals surface area contributed by atoms with Crippen molar-refractivity contribution in [2.75, 3.05) is 0 Å². The van der Waals surface area contributed by atoms with E-state index in [4.69, 9.17) is 15.0 Å². The SMILES string of the molecule is c1ccc(-c2ccc(C3CCC(c4cc(-c5ccccc5)ncc4-c4ccccc4-c4cc(CCc5ccc(-c6ccccc6)nc5)cc(CCc5ccc(-c6ccccc6)nc5)c4)CC3)cc2)cc1. The summed E-state index contributed by atoms with van der Waals surface area (Å²) in [6.07, 6.45) is 14.5. The fraction of sp³-hybridized carbons (Fsp3) is 0.149. The summed E-state index contributed by atoms with van der Waals surface area (Å²) in [4.78, 5) is 15.0. The first-order valence-electron chi connectivity index (χ1n) is 25.1. The second kappa shape index (κ2) is 21.1. The minimum Gasteiger partial charge on any atom is -0.256 e. The zero-order chi connectivity index (χ0) is 46.9. The van der Waals surface area contributed by atoms with Gasteiger partial charge in [0, 0.05) is 40.8 Å². The molecule has 0 bridgehead atoms. The Bertz CT molecular complexity index is 3160. The number of nitrogens with zero attached hydrogens (tertiary/aromatic N) is 3. The molecule has 0 saturated heterocycles. The van der Waals surface area contributed by atoms with E-state index in [1.165, 1.54) is 79.6 Å². The van der Waals surface area contributed by atoms with Gasteiger partial charge in [0.15, 0.2) is 0 Å². The maximum atomic E-state index is 5.21. The molecule has 0 atom stereocenters. The number of aryl methyl sites for hydroxylation is 4. The number of hydrogen-bond donors (Lipinski definition) is 0. The summed E-state index contributed by atoms with van der Waals surface area (Å²) >= 11 is 0. The number of aromatic nitrogens is 3. The predicted octanol–water partition coefficient (Wildman–Crippen LogP) is 16.9. The van der Waals surface area contributed by atoms with Crippen LogP contribution >= 0.6 is 0 Å². The summed E-state index contributed by atoms with van der Waals surface area (Å²) in [5, 5.41) is 0. The third-order valence-electron chi connectivity index (χ3n) is 14.4. The van der Waals surface area contributed by atoms with Crippen LogP contribution in [0.4, 0.5) is 0 Å². The van der Waals surface area contributed by atoms with E-state index in [0.29, 0.717) is 11.8 Å². The number of rotatable bonds is 14. The molecule has 0 spiro atoms. The molecule has 340 valence electrons. The van der Waals surface area contributed by atoms with E-state index in [0.717, 1.165) is 72.3 Å². The molecule has 3 nitrogen and oxygen atoms in total. The molecular formula is C67H57N3. The maximum absolute atomic E-state index is 5.21. The van der Waals surface area contributed by atoms with Crippen LogP contribution in [0.15, 0.2) is 237 Å². The van der Waals surface area contributed by atoms with Crippen molar-refractivity contribution in [2.45, 2.75) is 63.2 Å². The molecule has 1 fully saturated rings. The van der Waals surface area contributed by atoms with E-state index in [1.807, 2.05) is 12.1 Å². The summed E-state index contributed by atoms with van der Waals surface area (Å²) in [5.74, 6) is 0.989. The first-order valence-corrected chi connectivity index (χ1v) is 25.1. The van der Waals surface area contributed by atoms with Gasteiger partial charge in [-0.3, -0.25) is 15.0 Å². The highest BCUT2D eigenvalue weighted by Crippen LogP contribution is 2.46. The molecule has 1 aliphatic carbocycles. The monoisotopic (exact) mass is 903 g/mol. The van der Waals surface area contributed by atoms with Gasteiger partial charge in [-0.15, -0.1) is 0 Å². The average molecular weight is 904 g/mol. The molecule has 1 saturated carbocycles. The standard InChI is InChI=1S/C67H57N3/c1-5-15-52(16-6-1)53-31-33-54(34-32-53)55-35-37-56(38-36-55)63-44-67(59-21-11-4-12-22-59)70-47-64(63)62-24-14-13-23-61(62)60-42-50(27-25-48-29-39-65(68-45-48)57-17-7-2-8-18-57)41-51(43-60)28-26-49-30-40-66(69-46-49)58-19-9-3-10-20-58/h1-24,29-34,39-47,55-56H,25-28,35-38H2. The van der Waals surface area contributed by atoms with Gasteiger partial charge >= 0.3 is 0 Å². The first-order chi connectivity index (χ1) is 34.7. The van der Waals surface area contributed by atoms with Crippen molar-refractivity contribution in [3.8, 4) is 67.2 Å². The molecule has 70 heavy (non-hydrogen) atoms. The van der Waals surface area contributed by atoms with Crippen LogP contribution in [-0.4, -0.2) is 15.0 Å². The van der Waals surface area contributed by atoms with Crippen LogP contribution in [0.25, 0.3) is 67.2 Å². The van der Waals surface area contributed by atoms with E-state index >= 15 is 0 Å². The number of pyridine rings is 3. The van der Waals surface area contributed by atoms with E-state index < -0.39 is 0 Å². The molecule has 10 aromatic rings. The summed E-state index contributed by atoms with van der Waals surface area (Å²) < 4.78 is 0. The lowest BCUT2D eigenvalue weighted by atomic mass is 9.74. The lowest BCUT2D eigenvalue weighted by molar-refractivity contribution is 0.397. The molecule has 0 amide bonds. The Kier molecular flexibility index (Phi) is 13.4. The molecular weight excluding hydrogens is 847 g/mol.